The Balaban J connectivity index is 3.10. The van der Waals surface area contributed by atoms with E-state index in [1.54, 1.807) is 0 Å². The predicted molar refractivity (Wildman–Crippen MR) is 60.8 cm³/mol. The van der Waals surface area contributed by atoms with Crippen LogP contribution in [0.25, 0.3) is 0 Å². The Kier molecular flexibility index (Phi) is 9.90. The van der Waals surface area contributed by atoms with Crippen molar-refractivity contribution in [2.45, 2.75) is 45.4 Å². The molecule has 0 radical (unpaired) electrons. The standard InChI is InChI=1S/C11H23ClO2/c1-4-13-9-14-7-5-6-10(2)8-11(3)12/h10-11H,4-9H2,1-3H3. The lowest BCUT2D eigenvalue weighted by Gasteiger charge is -2.12. The smallest absolute Gasteiger partial charge is 0.146 e. The first kappa shape index (κ1) is 14.2. The molecule has 2 atom stereocenters. The van der Waals surface area contributed by atoms with Gasteiger partial charge in [-0.1, -0.05) is 6.92 Å². The summed E-state index contributed by atoms with van der Waals surface area (Å²) in [6.07, 6.45) is 3.37. The van der Waals surface area contributed by atoms with E-state index in [9.17, 15) is 0 Å². The summed E-state index contributed by atoms with van der Waals surface area (Å²) in [5, 5.41) is 0.286. The van der Waals surface area contributed by atoms with Gasteiger partial charge in [0.25, 0.3) is 0 Å². The van der Waals surface area contributed by atoms with E-state index < -0.39 is 0 Å². The summed E-state index contributed by atoms with van der Waals surface area (Å²) in [6, 6.07) is 0. The second-order valence-corrected chi connectivity index (χ2v) is 4.53. The second-order valence-electron chi connectivity index (χ2n) is 3.78. The van der Waals surface area contributed by atoms with E-state index in [2.05, 4.69) is 6.92 Å². The van der Waals surface area contributed by atoms with Crippen LogP contribution in [0.3, 0.4) is 0 Å². The van der Waals surface area contributed by atoms with E-state index in [4.69, 9.17) is 21.1 Å². The maximum atomic E-state index is 5.90. The van der Waals surface area contributed by atoms with E-state index >= 15 is 0 Å². The lowest BCUT2D eigenvalue weighted by molar-refractivity contribution is -0.0507. The molecule has 0 spiro atoms. The fourth-order valence-electron chi connectivity index (χ4n) is 1.41. The molecule has 86 valence electrons. The van der Waals surface area contributed by atoms with Crippen LogP contribution in [0.1, 0.15) is 40.0 Å². The van der Waals surface area contributed by atoms with Gasteiger partial charge in [0.2, 0.25) is 0 Å². The molecule has 14 heavy (non-hydrogen) atoms. The van der Waals surface area contributed by atoms with Crippen molar-refractivity contribution in [3.05, 3.63) is 0 Å². The van der Waals surface area contributed by atoms with Gasteiger partial charge in [-0.3, -0.25) is 0 Å². The zero-order chi connectivity index (χ0) is 10.8. The molecule has 0 aromatic heterocycles. The van der Waals surface area contributed by atoms with Crippen molar-refractivity contribution < 1.29 is 9.47 Å². The first-order valence-electron chi connectivity index (χ1n) is 5.46. The summed E-state index contributed by atoms with van der Waals surface area (Å²) in [4.78, 5) is 0. The normalized spacial score (nSPS) is 15.4. The summed E-state index contributed by atoms with van der Waals surface area (Å²) in [7, 11) is 0. The van der Waals surface area contributed by atoms with Crippen LogP contribution in [-0.2, 0) is 9.47 Å². The third-order valence-electron chi connectivity index (χ3n) is 2.08. The summed E-state index contributed by atoms with van der Waals surface area (Å²) < 4.78 is 10.3. The summed E-state index contributed by atoms with van der Waals surface area (Å²) >= 11 is 5.90. The number of alkyl halides is 1. The van der Waals surface area contributed by atoms with Crippen molar-refractivity contribution in [1.29, 1.82) is 0 Å². The minimum absolute atomic E-state index is 0.286. The monoisotopic (exact) mass is 222 g/mol. The first-order valence-corrected chi connectivity index (χ1v) is 5.90. The van der Waals surface area contributed by atoms with Crippen molar-refractivity contribution in [1.82, 2.24) is 0 Å². The molecular weight excluding hydrogens is 200 g/mol. The highest BCUT2D eigenvalue weighted by molar-refractivity contribution is 6.20. The molecular formula is C11H23ClO2. The zero-order valence-electron chi connectivity index (χ0n) is 9.59. The largest absolute Gasteiger partial charge is 0.356 e. The van der Waals surface area contributed by atoms with Gasteiger partial charge in [0.15, 0.2) is 0 Å². The van der Waals surface area contributed by atoms with Gasteiger partial charge in [0, 0.05) is 18.6 Å². The van der Waals surface area contributed by atoms with E-state index in [1.807, 2.05) is 13.8 Å². The Morgan fingerprint density at radius 3 is 2.50 bits per heavy atom. The Hall–Kier alpha value is 0.210. The molecule has 0 bridgehead atoms. The molecule has 0 saturated heterocycles. The average Bonchev–Trinajstić information content (AvgIpc) is 2.10. The van der Waals surface area contributed by atoms with Crippen LogP contribution < -0.4 is 0 Å². The molecule has 3 heteroatoms. The fraction of sp³-hybridized carbons (Fsp3) is 1.00. The summed E-state index contributed by atoms with van der Waals surface area (Å²) in [5.74, 6) is 0.693. The van der Waals surface area contributed by atoms with Gasteiger partial charge in [0.1, 0.15) is 6.79 Å². The zero-order valence-corrected chi connectivity index (χ0v) is 10.3. The Labute approximate surface area is 92.9 Å². The van der Waals surface area contributed by atoms with Crippen LogP contribution >= 0.6 is 11.6 Å². The predicted octanol–water partition coefficient (Wildman–Crippen LogP) is 3.43. The lowest BCUT2D eigenvalue weighted by Crippen LogP contribution is -2.05. The first-order chi connectivity index (χ1) is 6.66. The van der Waals surface area contributed by atoms with Crippen molar-refractivity contribution in [3.8, 4) is 0 Å². The van der Waals surface area contributed by atoms with E-state index in [1.165, 1.54) is 6.42 Å². The van der Waals surface area contributed by atoms with Crippen LogP contribution in [0.4, 0.5) is 0 Å². The Morgan fingerprint density at radius 1 is 1.21 bits per heavy atom. The maximum Gasteiger partial charge on any atom is 0.146 e. The van der Waals surface area contributed by atoms with Crippen LogP contribution in [0.2, 0.25) is 0 Å². The number of rotatable bonds is 9. The van der Waals surface area contributed by atoms with Crippen molar-refractivity contribution in [3.63, 3.8) is 0 Å². The fourth-order valence-corrected chi connectivity index (χ4v) is 1.71. The number of ether oxygens (including phenoxy) is 2. The summed E-state index contributed by atoms with van der Waals surface area (Å²) in [5.41, 5.74) is 0. The SMILES string of the molecule is CCOCOCCCC(C)CC(C)Cl. The molecule has 0 aromatic carbocycles. The van der Waals surface area contributed by atoms with E-state index in [0.29, 0.717) is 12.7 Å². The quantitative estimate of drug-likeness (QED) is 0.338. The topological polar surface area (TPSA) is 18.5 Å². The highest BCUT2D eigenvalue weighted by Crippen LogP contribution is 2.15. The van der Waals surface area contributed by atoms with Crippen molar-refractivity contribution in [2.75, 3.05) is 20.0 Å². The Morgan fingerprint density at radius 2 is 1.93 bits per heavy atom. The molecule has 2 unspecified atom stereocenters. The molecule has 0 aliphatic heterocycles. The molecule has 0 rings (SSSR count). The third-order valence-corrected chi connectivity index (χ3v) is 2.26. The highest BCUT2D eigenvalue weighted by atomic mass is 35.5. The third kappa shape index (κ3) is 10.3. The summed E-state index contributed by atoms with van der Waals surface area (Å²) in [6.45, 7) is 8.19. The highest BCUT2D eigenvalue weighted by Gasteiger charge is 2.05. The van der Waals surface area contributed by atoms with Crippen LogP contribution in [0, 0.1) is 5.92 Å². The van der Waals surface area contributed by atoms with Gasteiger partial charge in [-0.15, -0.1) is 11.6 Å². The van der Waals surface area contributed by atoms with Gasteiger partial charge in [-0.2, -0.15) is 0 Å². The van der Waals surface area contributed by atoms with Gasteiger partial charge >= 0.3 is 0 Å². The molecule has 0 fully saturated rings. The van der Waals surface area contributed by atoms with E-state index in [0.717, 1.165) is 26.1 Å². The molecule has 0 heterocycles. The molecule has 2 nitrogen and oxygen atoms in total. The van der Waals surface area contributed by atoms with Crippen LogP contribution in [-0.4, -0.2) is 25.4 Å². The molecule has 0 N–H and O–H groups in total. The van der Waals surface area contributed by atoms with Crippen LogP contribution in [0.15, 0.2) is 0 Å². The van der Waals surface area contributed by atoms with Gasteiger partial charge in [0.05, 0.1) is 0 Å². The van der Waals surface area contributed by atoms with Crippen LogP contribution in [0.5, 0.6) is 0 Å². The second kappa shape index (κ2) is 9.75. The molecule has 0 aliphatic rings. The maximum absolute atomic E-state index is 5.90. The lowest BCUT2D eigenvalue weighted by atomic mass is 10.0. The molecule has 0 aliphatic carbocycles. The van der Waals surface area contributed by atoms with Crippen molar-refractivity contribution >= 4 is 11.6 Å². The van der Waals surface area contributed by atoms with Crippen molar-refractivity contribution in [2.24, 2.45) is 5.92 Å². The number of hydrogen-bond donors (Lipinski definition) is 0. The Bertz CT molecular complexity index is 118. The molecule has 0 saturated carbocycles. The van der Waals surface area contributed by atoms with Gasteiger partial charge in [-0.25, -0.2) is 0 Å². The average molecular weight is 223 g/mol. The number of hydrogen-bond acceptors (Lipinski definition) is 2. The molecule has 0 aromatic rings. The molecule has 0 amide bonds. The van der Waals surface area contributed by atoms with Gasteiger partial charge in [-0.05, 0) is 39.0 Å². The minimum atomic E-state index is 0.286. The van der Waals surface area contributed by atoms with E-state index in [-0.39, 0.29) is 5.38 Å². The van der Waals surface area contributed by atoms with Gasteiger partial charge < -0.3 is 9.47 Å². The minimum Gasteiger partial charge on any atom is -0.356 e. The number of halogens is 1.